The van der Waals surface area contributed by atoms with Crippen LogP contribution >= 0.6 is 0 Å². The van der Waals surface area contributed by atoms with Crippen LogP contribution in [0.2, 0.25) is 0 Å². The summed E-state index contributed by atoms with van der Waals surface area (Å²) in [5.41, 5.74) is 0.560. The number of benzene rings is 1. The van der Waals surface area contributed by atoms with Crippen LogP contribution in [0.3, 0.4) is 0 Å². The lowest BCUT2D eigenvalue weighted by Crippen LogP contribution is -2.20. The number of aromatic carboxylic acids is 1. The number of nitrogens with zero attached hydrogens (tertiary/aromatic N) is 1. The molecule has 3 nitrogen and oxygen atoms in total. The third-order valence-electron chi connectivity index (χ3n) is 2.80. The minimum Gasteiger partial charge on any atom is -0.478 e. The molecule has 18 heavy (non-hydrogen) atoms. The van der Waals surface area contributed by atoms with Gasteiger partial charge >= 0.3 is 5.97 Å². The molecule has 0 spiro atoms. The van der Waals surface area contributed by atoms with Gasteiger partial charge in [-0.1, -0.05) is 19.9 Å². The van der Waals surface area contributed by atoms with Crippen LogP contribution in [0.1, 0.15) is 36.2 Å². The molecule has 0 aliphatic rings. The topological polar surface area (TPSA) is 40.5 Å². The summed E-state index contributed by atoms with van der Waals surface area (Å²) in [4.78, 5) is 12.9. The molecule has 0 heterocycles. The van der Waals surface area contributed by atoms with Crippen molar-refractivity contribution < 1.29 is 14.3 Å². The second kappa shape index (κ2) is 6.50. The molecule has 0 fully saturated rings. The number of rotatable bonds is 6. The summed E-state index contributed by atoms with van der Waals surface area (Å²) in [7, 11) is 1.98. The van der Waals surface area contributed by atoms with Crippen LogP contribution in [-0.4, -0.2) is 29.6 Å². The smallest absolute Gasteiger partial charge is 0.338 e. The van der Waals surface area contributed by atoms with Crippen molar-refractivity contribution in [1.29, 1.82) is 0 Å². The summed E-state index contributed by atoms with van der Waals surface area (Å²) in [6, 6.07) is 4.26. The van der Waals surface area contributed by atoms with Crippen LogP contribution in [0, 0.1) is 11.7 Å². The van der Waals surface area contributed by atoms with E-state index in [9.17, 15) is 9.18 Å². The quantitative estimate of drug-likeness (QED) is 0.847. The van der Waals surface area contributed by atoms with Crippen molar-refractivity contribution in [2.24, 2.45) is 5.92 Å². The minimum atomic E-state index is -1.22. The highest BCUT2D eigenvalue weighted by molar-refractivity contribution is 5.88. The number of hydrogen-bond acceptors (Lipinski definition) is 2. The predicted octanol–water partition coefficient (Wildman–Crippen LogP) is 3.00. The van der Waals surface area contributed by atoms with E-state index >= 15 is 0 Å². The van der Waals surface area contributed by atoms with E-state index in [1.165, 1.54) is 12.1 Å². The van der Waals surface area contributed by atoms with Crippen molar-refractivity contribution in [1.82, 2.24) is 4.90 Å². The van der Waals surface area contributed by atoms with Gasteiger partial charge in [-0.2, -0.15) is 0 Å². The summed E-state index contributed by atoms with van der Waals surface area (Å²) < 4.78 is 13.2. The number of carbonyl (C=O) groups is 1. The molecule has 0 saturated carbocycles. The van der Waals surface area contributed by atoms with Crippen LogP contribution < -0.4 is 0 Å². The van der Waals surface area contributed by atoms with Gasteiger partial charge in [-0.25, -0.2) is 9.18 Å². The molecule has 1 aromatic carbocycles. The molecule has 0 aromatic heterocycles. The van der Waals surface area contributed by atoms with Crippen LogP contribution in [0.4, 0.5) is 4.39 Å². The first kappa shape index (κ1) is 14.6. The summed E-state index contributed by atoms with van der Waals surface area (Å²) in [5, 5.41) is 8.85. The van der Waals surface area contributed by atoms with Crippen molar-refractivity contribution in [3.8, 4) is 0 Å². The predicted molar refractivity (Wildman–Crippen MR) is 69.1 cm³/mol. The van der Waals surface area contributed by atoms with Crippen molar-refractivity contribution >= 4 is 5.97 Å². The van der Waals surface area contributed by atoms with Gasteiger partial charge in [0.2, 0.25) is 0 Å². The molecule has 0 aliphatic heterocycles. The maximum Gasteiger partial charge on any atom is 0.338 e. The van der Waals surface area contributed by atoms with Crippen molar-refractivity contribution in [2.75, 3.05) is 13.6 Å². The Labute approximate surface area is 107 Å². The van der Waals surface area contributed by atoms with Crippen molar-refractivity contribution in [3.05, 3.63) is 35.1 Å². The van der Waals surface area contributed by atoms with E-state index < -0.39 is 11.8 Å². The lowest BCUT2D eigenvalue weighted by atomic mass is 10.1. The second-order valence-corrected chi connectivity index (χ2v) is 5.04. The fraction of sp³-hybridized carbons (Fsp3) is 0.500. The number of carboxylic acid groups (broad SMARTS) is 1. The third kappa shape index (κ3) is 4.45. The fourth-order valence-corrected chi connectivity index (χ4v) is 1.70. The maximum atomic E-state index is 13.2. The molecular weight excluding hydrogens is 233 g/mol. The Kier molecular flexibility index (Phi) is 5.28. The van der Waals surface area contributed by atoms with Gasteiger partial charge in [-0.05, 0) is 43.6 Å². The number of halogens is 1. The molecule has 0 atom stereocenters. The second-order valence-electron chi connectivity index (χ2n) is 5.04. The van der Waals surface area contributed by atoms with Crippen molar-refractivity contribution in [3.63, 3.8) is 0 Å². The first-order valence-electron chi connectivity index (χ1n) is 6.10. The summed E-state index contributed by atoms with van der Waals surface area (Å²) >= 11 is 0. The van der Waals surface area contributed by atoms with E-state index in [0.717, 1.165) is 18.5 Å². The molecule has 0 saturated heterocycles. The van der Waals surface area contributed by atoms with Gasteiger partial charge in [0.15, 0.2) is 0 Å². The zero-order chi connectivity index (χ0) is 13.7. The highest BCUT2D eigenvalue weighted by Crippen LogP contribution is 2.13. The first-order chi connectivity index (χ1) is 8.40. The Morgan fingerprint density at radius 3 is 2.67 bits per heavy atom. The lowest BCUT2D eigenvalue weighted by Gasteiger charge is -2.18. The standard InChI is InChI=1S/C14H20FNO2/c1-10(2)6-7-16(3)9-11-4-5-13(15)12(8-11)14(17)18/h4-5,8,10H,6-7,9H2,1-3H3,(H,17,18). The highest BCUT2D eigenvalue weighted by atomic mass is 19.1. The average Bonchev–Trinajstić information content (AvgIpc) is 2.28. The van der Waals surface area contributed by atoms with Crippen LogP contribution in [0.5, 0.6) is 0 Å². The zero-order valence-electron chi connectivity index (χ0n) is 11.1. The summed E-state index contributed by atoms with van der Waals surface area (Å²) in [6.45, 7) is 5.90. The van der Waals surface area contributed by atoms with Crippen molar-refractivity contribution in [2.45, 2.75) is 26.8 Å². The monoisotopic (exact) mass is 253 g/mol. The van der Waals surface area contributed by atoms with E-state index in [1.54, 1.807) is 6.07 Å². The Morgan fingerprint density at radius 2 is 2.11 bits per heavy atom. The Hall–Kier alpha value is -1.42. The molecule has 100 valence electrons. The largest absolute Gasteiger partial charge is 0.478 e. The molecule has 1 rings (SSSR count). The number of carboxylic acids is 1. The van der Waals surface area contributed by atoms with Gasteiger partial charge < -0.3 is 10.0 Å². The molecule has 0 aliphatic carbocycles. The molecule has 0 amide bonds. The molecule has 1 N–H and O–H groups in total. The van der Waals surface area contributed by atoms with Gasteiger partial charge in [-0.3, -0.25) is 0 Å². The van der Waals surface area contributed by atoms with Crippen LogP contribution in [0.25, 0.3) is 0 Å². The number of hydrogen-bond donors (Lipinski definition) is 1. The Morgan fingerprint density at radius 1 is 1.44 bits per heavy atom. The van der Waals surface area contributed by atoms with Gasteiger partial charge in [0.05, 0.1) is 5.56 Å². The van der Waals surface area contributed by atoms with Gasteiger partial charge in [0, 0.05) is 6.54 Å². The normalized spacial score (nSPS) is 11.2. The van der Waals surface area contributed by atoms with Crippen LogP contribution in [0.15, 0.2) is 18.2 Å². The van der Waals surface area contributed by atoms with Gasteiger partial charge in [0.25, 0.3) is 0 Å². The SMILES string of the molecule is CC(C)CCN(C)Cc1ccc(F)c(C(=O)O)c1. The van der Waals surface area contributed by atoms with Crippen LogP contribution in [-0.2, 0) is 6.54 Å². The minimum absolute atomic E-state index is 0.259. The first-order valence-corrected chi connectivity index (χ1v) is 6.10. The maximum absolute atomic E-state index is 13.2. The van der Waals surface area contributed by atoms with E-state index in [-0.39, 0.29) is 5.56 Å². The molecule has 0 unspecified atom stereocenters. The fourth-order valence-electron chi connectivity index (χ4n) is 1.70. The molecule has 1 aromatic rings. The van der Waals surface area contributed by atoms with Gasteiger partial charge in [0.1, 0.15) is 5.82 Å². The highest BCUT2D eigenvalue weighted by Gasteiger charge is 2.11. The Bertz CT molecular complexity index is 418. The summed E-state index contributed by atoms with van der Waals surface area (Å²) in [6.07, 6.45) is 1.09. The van der Waals surface area contributed by atoms with E-state index in [1.807, 2.05) is 7.05 Å². The Balaban J connectivity index is 2.67. The molecule has 4 heteroatoms. The lowest BCUT2D eigenvalue weighted by molar-refractivity contribution is 0.0691. The summed E-state index contributed by atoms with van der Waals surface area (Å²) in [5.74, 6) is -1.27. The molecule has 0 bridgehead atoms. The molecule has 0 radical (unpaired) electrons. The molecular formula is C14H20FNO2. The average molecular weight is 253 g/mol. The van der Waals surface area contributed by atoms with E-state index in [2.05, 4.69) is 18.7 Å². The van der Waals surface area contributed by atoms with E-state index in [4.69, 9.17) is 5.11 Å². The third-order valence-corrected chi connectivity index (χ3v) is 2.80. The zero-order valence-corrected chi connectivity index (χ0v) is 11.1. The van der Waals surface area contributed by atoms with Gasteiger partial charge in [-0.15, -0.1) is 0 Å². The van der Waals surface area contributed by atoms with E-state index in [0.29, 0.717) is 12.5 Å².